The molecule has 2 heterocycles. The maximum absolute atomic E-state index is 5.99. The van der Waals surface area contributed by atoms with Gasteiger partial charge in [0.15, 0.2) is 5.96 Å². The molecule has 150 valence electrons. The number of nitrogens with one attached hydrogen (secondary N) is 1. The highest BCUT2D eigenvalue weighted by Gasteiger charge is 2.39. The van der Waals surface area contributed by atoms with E-state index in [9.17, 15) is 0 Å². The molecule has 0 aromatic carbocycles. The number of aliphatic imine (C=N–C) groups is 1. The van der Waals surface area contributed by atoms with E-state index in [1.165, 1.54) is 38.5 Å². The third-order valence-electron chi connectivity index (χ3n) is 6.75. The van der Waals surface area contributed by atoms with E-state index in [0.717, 1.165) is 69.5 Å². The zero-order chi connectivity index (χ0) is 17.1. The highest BCUT2D eigenvalue weighted by atomic mass is 127. The number of fused-ring (bicyclic) bond motifs is 2. The van der Waals surface area contributed by atoms with Crippen LogP contribution >= 0.6 is 24.0 Å². The van der Waals surface area contributed by atoms with Crippen LogP contribution in [-0.4, -0.2) is 62.5 Å². The Morgan fingerprint density at radius 3 is 2.69 bits per heavy atom. The van der Waals surface area contributed by atoms with Gasteiger partial charge in [0.2, 0.25) is 0 Å². The number of hydrogen-bond donors (Lipinski definition) is 1. The predicted octanol–water partition coefficient (Wildman–Crippen LogP) is 3.28. The van der Waals surface area contributed by atoms with Gasteiger partial charge in [-0.3, -0.25) is 4.99 Å². The fraction of sp³-hybridized carbons (Fsp3) is 0.950. The van der Waals surface area contributed by atoms with Crippen molar-refractivity contribution in [2.75, 3.05) is 39.4 Å². The average molecular weight is 477 g/mol. The summed E-state index contributed by atoms with van der Waals surface area (Å²) < 4.78 is 11.8. The third-order valence-corrected chi connectivity index (χ3v) is 6.75. The average Bonchev–Trinajstić information content (AvgIpc) is 3.39. The summed E-state index contributed by atoms with van der Waals surface area (Å²) in [5, 5.41) is 3.50. The van der Waals surface area contributed by atoms with E-state index in [2.05, 4.69) is 17.1 Å². The maximum atomic E-state index is 5.99. The Bertz CT molecular complexity index is 470. The Kier molecular flexibility index (Phi) is 7.88. The van der Waals surface area contributed by atoms with E-state index < -0.39 is 0 Å². The fourth-order valence-electron chi connectivity index (χ4n) is 5.48. The number of guanidine groups is 1. The van der Waals surface area contributed by atoms with Gasteiger partial charge in [-0.1, -0.05) is 6.42 Å². The Morgan fingerprint density at radius 1 is 1.12 bits per heavy atom. The summed E-state index contributed by atoms with van der Waals surface area (Å²) in [5.74, 6) is 4.07. The SMILES string of the molecule is CCNC(=NCCC1CC2CCC1C2)N1CCOC(C2CCCO2)C1.I. The largest absolute Gasteiger partial charge is 0.375 e. The number of halogens is 1. The molecule has 0 spiro atoms. The molecule has 4 rings (SSSR count). The Labute approximate surface area is 175 Å². The van der Waals surface area contributed by atoms with Gasteiger partial charge in [0.25, 0.3) is 0 Å². The predicted molar refractivity (Wildman–Crippen MR) is 115 cm³/mol. The molecule has 4 aliphatic rings. The van der Waals surface area contributed by atoms with Crippen molar-refractivity contribution < 1.29 is 9.47 Å². The van der Waals surface area contributed by atoms with Gasteiger partial charge in [0.05, 0.1) is 12.7 Å². The molecule has 5 atom stereocenters. The molecule has 26 heavy (non-hydrogen) atoms. The van der Waals surface area contributed by atoms with Gasteiger partial charge in [-0.15, -0.1) is 24.0 Å². The lowest BCUT2D eigenvalue weighted by atomic mass is 9.86. The van der Waals surface area contributed by atoms with Crippen molar-refractivity contribution in [2.45, 2.75) is 64.1 Å². The quantitative estimate of drug-likeness (QED) is 0.375. The van der Waals surface area contributed by atoms with E-state index in [1.807, 2.05) is 0 Å². The van der Waals surface area contributed by atoms with Gasteiger partial charge in [0, 0.05) is 32.8 Å². The zero-order valence-corrected chi connectivity index (χ0v) is 18.5. The molecular weight excluding hydrogens is 441 g/mol. The van der Waals surface area contributed by atoms with Crippen molar-refractivity contribution in [3.8, 4) is 0 Å². The minimum Gasteiger partial charge on any atom is -0.375 e. The molecule has 2 saturated heterocycles. The summed E-state index contributed by atoms with van der Waals surface area (Å²) in [6, 6.07) is 0. The number of nitrogens with zero attached hydrogens (tertiary/aromatic N) is 2. The molecule has 2 bridgehead atoms. The normalized spacial score (nSPS) is 37.0. The van der Waals surface area contributed by atoms with Crippen molar-refractivity contribution in [3.05, 3.63) is 0 Å². The van der Waals surface area contributed by atoms with Crippen LogP contribution in [-0.2, 0) is 9.47 Å². The second-order valence-corrected chi connectivity index (χ2v) is 8.37. The fourth-order valence-corrected chi connectivity index (χ4v) is 5.48. The lowest BCUT2D eigenvalue weighted by molar-refractivity contribution is -0.0817. The smallest absolute Gasteiger partial charge is 0.194 e. The van der Waals surface area contributed by atoms with Gasteiger partial charge in [-0.25, -0.2) is 0 Å². The molecule has 5 unspecified atom stereocenters. The van der Waals surface area contributed by atoms with Crippen LogP contribution < -0.4 is 5.32 Å². The summed E-state index contributed by atoms with van der Waals surface area (Å²) in [6.45, 7) is 7.56. The first kappa shape index (κ1) is 20.6. The number of rotatable bonds is 5. The van der Waals surface area contributed by atoms with E-state index in [1.54, 1.807) is 0 Å². The first-order valence-electron chi connectivity index (χ1n) is 10.6. The topological polar surface area (TPSA) is 46.1 Å². The summed E-state index contributed by atoms with van der Waals surface area (Å²) in [5.41, 5.74) is 0. The number of morpholine rings is 1. The van der Waals surface area contributed by atoms with Gasteiger partial charge in [-0.05, 0) is 63.2 Å². The first-order valence-corrected chi connectivity index (χ1v) is 10.6. The highest BCUT2D eigenvalue weighted by Crippen LogP contribution is 2.49. The van der Waals surface area contributed by atoms with Crippen LogP contribution in [0.3, 0.4) is 0 Å². The minimum atomic E-state index is 0. The van der Waals surface area contributed by atoms with E-state index >= 15 is 0 Å². The Hall–Kier alpha value is -0.0800. The van der Waals surface area contributed by atoms with Crippen molar-refractivity contribution in [2.24, 2.45) is 22.7 Å². The first-order chi connectivity index (χ1) is 12.3. The lowest BCUT2D eigenvalue weighted by Crippen LogP contribution is -2.53. The second kappa shape index (κ2) is 9.92. The minimum absolute atomic E-state index is 0. The molecule has 2 aliphatic carbocycles. The van der Waals surface area contributed by atoms with Crippen molar-refractivity contribution in [3.63, 3.8) is 0 Å². The van der Waals surface area contributed by atoms with E-state index in [4.69, 9.17) is 14.5 Å². The van der Waals surface area contributed by atoms with Crippen molar-refractivity contribution in [1.29, 1.82) is 0 Å². The molecule has 2 aliphatic heterocycles. The number of ether oxygens (including phenoxy) is 2. The lowest BCUT2D eigenvalue weighted by Gasteiger charge is -2.37. The van der Waals surface area contributed by atoms with Crippen molar-refractivity contribution in [1.82, 2.24) is 10.2 Å². The van der Waals surface area contributed by atoms with Crippen LogP contribution in [0.2, 0.25) is 0 Å². The molecule has 2 saturated carbocycles. The highest BCUT2D eigenvalue weighted by molar-refractivity contribution is 14.0. The molecule has 6 heteroatoms. The Balaban J connectivity index is 0.00000196. The monoisotopic (exact) mass is 477 g/mol. The molecule has 0 radical (unpaired) electrons. The van der Waals surface area contributed by atoms with E-state index in [0.29, 0.717) is 0 Å². The zero-order valence-electron chi connectivity index (χ0n) is 16.2. The van der Waals surface area contributed by atoms with E-state index in [-0.39, 0.29) is 36.2 Å². The molecular formula is C20H36IN3O2. The van der Waals surface area contributed by atoms with Crippen LogP contribution in [0.4, 0.5) is 0 Å². The maximum Gasteiger partial charge on any atom is 0.194 e. The standard InChI is InChI=1S/C20H35N3O2.HI/c1-2-21-20(22-8-7-17-13-15-5-6-16(17)12-15)23-9-11-25-19(14-23)18-4-3-10-24-18;/h15-19H,2-14H2,1H3,(H,21,22);1H. The summed E-state index contributed by atoms with van der Waals surface area (Å²) >= 11 is 0. The number of hydrogen-bond acceptors (Lipinski definition) is 3. The van der Waals surface area contributed by atoms with Gasteiger partial charge >= 0.3 is 0 Å². The molecule has 4 fully saturated rings. The summed E-state index contributed by atoms with van der Waals surface area (Å²) in [6.07, 6.45) is 9.99. The molecule has 1 N–H and O–H groups in total. The summed E-state index contributed by atoms with van der Waals surface area (Å²) in [4.78, 5) is 7.37. The van der Waals surface area contributed by atoms with Crippen LogP contribution in [0, 0.1) is 17.8 Å². The molecule has 0 aromatic rings. The Morgan fingerprint density at radius 2 is 2.00 bits per heavy atom. The van der Waals surface area contributed by atoms with Crippen LogP contribution in [0.1, 0.15) is 51.9 Å². The van der Waals surface area contributed by atoms with Crippen LogP contribution in [0.15, 0.2) is 4.99 Å². The van der Waals surface area contributed by atoms with Crippen LogP contribution in [0.5, 0.6) is 0 Å². The van der Waals surface area contributed by atoms with Gasteiger partial charge in [0.1, 0.15) is 6.10 Å². The van der Waals surface area contributed by atoms with Gasteiger partial charge < -0.3 is 19.7 Å². The van der Waals surface area contributed by atoms with Gasteiger partial charge in [-0.2, -0.15) is 0 Å². The molecule has 0 amide bonds. The summed E-state index contributed by atoms with van der Waals surface area (Å²) in [7, 11) is 0. The molecule has 5 nitrogen and oxygen atoms in total. The second-order valence-electron chi connectivity index (χ2n) is 8.37. The molecule has 0 aromatic heterocycles. The van der Waals surface area contributed by atoms with Crippen LogP contribution in [0.25, 0.3) is 0 Å². The van der Waals surface area contributed by atoms with Crippen molar-refractivity contribution >= 4 is 29.9 Å². The third kappa shape index (κ3) is 4.85.